The summed E-state index contributed by atoms with van der Waals surface area (Å²) >= 11 is 0. The van der Waals surface area contributed by atoms with Gasteiger partial charge in [-0.25, -0.2) is 0 Å². The van der Waals surface area contributed by atoms with Crippen LogP contribution >= 0.6 is 0 Å². The fraction of sp³-hybridized carbons (Fsp3) is 0.571. The molecule has 0 saturated carbocycles. The molecule has 2 aliphatic heterocycles. The van der Waals surface area contributed by atoms with Crippen LogP contribution in [0.1, 0.15) is 25.7 Å². The van der Waals surface area contributed by atoms with E-state index in [1.807, 2.05) is 12.1 Å². The Morgan fingerprint density at radius 1 is 1.35 bits per heavy atom. The summed E-state index contributed by atoms with van der Waals surface area (Å²) < 4.78 is 0. The van der Waals surface area contributed by atoms with E-state index in [4.69, 9.17) is 0 Å². The molecule has 2 N–H and O–H groups in total. The maximum absolute atomic E-state index is 11.4. The van der Waals surface area contributed by atoms with Crippen molar-refractivity contribution < 1.29 is 10.0 Å². The molecule has 0 amide bonds. The summed E-state index contributed by atoms with van der Waals surface area (Å²) in [6.07, 6.45) is 3.15. The van der Waals surface area contributed by atoms with Gasteiger partial charge in [0, 0.05) is 19.1 Å². The molecule has 0 aromatic heterocycles. The Balaban J connectivity index is 2.05. The summed E-state index contributed by atoms with van der Waals surface area (Å²) in [6.45, 7) is 0. The molecule has 2 saturated heterocycles. The van der Waals surface area contributed by atoms with Gasteiger partial charge >= 0.3 is 5.69 Å². The lowest BCUT2D eigenvalue weighted by atomic mass is 9.98. The Morgan fingerprint density at radius 2 is 2.00 bits per heavy atom. The molecule has 6 heteroatoms. The van der Waals surface area contributed by atoms with E-state index in [1.54, 1.807) is 13.1 Å². The average Bonchev–Trinajstić information content (AvgIpc) is 2.69. The van der Waals surface area contributed by atoms with Gasteiger partial charge in [-0.2, -0.15) is 0 Å². The smallest absolute Gasteiger partial charge is 0.315 e. The van der Waals surface area contributed by atoms with Crippen LogP contribution in [0.15, 0.2) is 18.2 Å². The second-order valence-electron chi connectivity index (χ2n) is 5.60. The number of nitrogens with one attached hydrogen (secondary N) is 1. The number of para-hydroxylation sites is 1. The van der Waals surface area contributed by atoms with Crippen LogP contribution < -0.4 is 10.2 Å². The first-order chi connectivity index (χ1) is 9.61. The molecule has 0 spiro atoms. The van der Waals surface area contributed by atoms with Crippen LogP contribution in [-0.2, 0) is 0 Å². The van der Waals surface area contributed by atoms with Gasteiger partial charge in [0.05, 0.1) is 11.0 Å². The van der Waals surface area contributed by atoms with Crippen molar-refractivity contribution in [3.63, 3.8) is 0 Å². The van der Waals surface area contributed by atoms with Crippen molar-refractivity contribution in [1.82, 2.24) is 0 Å². The molecule has 6 nitrogen and oxygen atoms in total. The molecular weight excluding hydrogens is 258 g/mol. The van der Waals surface area contributed by atoms with E-state index in [1.165, 1.54) is 0 Å². The maximum atomic E-state index is 11.4. The van der Waals surface area contributed by atoms with Gasteiger partial charge in [-0.05, 0) is 37.8 Å². The Morgan fingerprint density at radius 3 is 2.55 bits per heavy atom. The molecule has 2 fully saturated rings. The zero-order valence-electron chi connectivity index (χ0n) is 11.5. The molecule has 20 heavy (non-hydrogen) atoms. The lowest BCUT2D eigenvalue weighted by Gasteiger charge is -2.38. The maximum Gasteiger partial charge on any atom is 0.315 e. The molecule has 2 aliphatic rings. The Kier molecular flexibility index (Phi) is 3.25. The fourth-order valence-corrected chi connectivity index (χ4v) is 3.67. The van der Waals surface area contributed by atoms with Crippen molar-refractivity contribution in [3.8, 4) is 0 Å². The van der Waals surface area contributed by atoms with Crippen molar-refractivity contribution in [3.05, 3.63) is 28.3 Å². The van der Waals surface area contributed by atoms with Gasteiger partial charge in [0.2, 0.25) is 0 Å². The summed E-state index contributed by atoms with van der Waals surface area (Å²) in [5, 5.41) is 24.2. The normalized spacial score (nSPS) is 28.5. The number of aliphatic hydroxyl groups is 1. The molecule has 2 unspecified atom stereocenters. The van der Waals surface area contributed by atoms with Crippen molar-refractivity contribution in [2.24, 2.45) is 0 Å². The zero-order valence-corrected chi connectivity index (χ0v) is 11.5. The number of fused-ring (bicyclic) bond motifs is 2. The zero-order chi connectivity index (χ0) is 14.3. The molecule has 3 rings (SSSR count). The molecule has 2 bridgehead atoms. The van der Waals surface area contributed by atoms with Crippen LogP contribution in [0, 0.1) is 10.1 Å². The average molecular weight is 277 g/mol. The predicted molar refractivity (Wildman–Crippen MR) is 77.2 cm³/mol. The van der Waals surface area contributed by atoms with Crippen LogP contribution in [0.25, 0.3) is 0 Å². The van der Waals surface area contributed by atoms with E-state index in [0.717, 1.165) is 12.8 Å². The number of benzene rings is 1. The van der Waals surface area contributed by atoms with E-state index in [0.29, 0.717) is 24.2 Å². The Bertz CT molecular complexity index is 520. The van der Waals surface area contributed by atoms with Gasteiger partial charge in [0.15, 0.2) is 0 Å². The summed E-state index contributed by atoms with van der Waals surface area (Å²) in [7, 11) is 1.70. The topological polar surface area (TPSA) is 78.6 Å². The highest BCUT2D eigenvalue weighted by Gasteiger charge is 2.42. The van der Waals surface area contributed by atoms with Gasteiger partial charge < -0.3 is 15.3 Å². The van der Waals surface area contributed by atoms with E-state index >= 15 is 0 Å². The third-order valence-electron chi connectivity index (χ3n) is 4.45. The number of rotatable bonds is 3. The number of aliphatic hydroxyl groups excluding tert-OH is 1. The van der Waals surface area contributed by atoms with Crippen molar-refractivity contribution >= 4 is 17.1 Å². The van der Waals surface area contributed by atoms with Gasteiger partial charge in [-0.15, -0.1) is 0 Å². The van der Waals surface area contributed by atoms with Crippen LogP contribution in [0.2, 0.25) is 0 Å². The molecule has 2 heterocycles. The molecule has 108 valence electrons. The van der Waals surface area contributed by atoms with Crippen LogP contribution in [0.3, 0.4) is 0 Å². The van der Waals surface area contributed by atoms with Crippen LogP contribution in [-0.4, -0.2) is 35.3 Å². The lowest BCUT2D eigenvalue weighted by molar-refractivity contribution is -0.383. The first-order valence-corrected chi connectivity index (χ1v) is 7.03. The van der Waals surface area contributed by atoms with Crippen molar-refractivity contribution in [2.45, 2.75) is 43.9 Å². The van der Waals surface area contributed by atoms with Gasteiger partial charge in [0.25, 0.3) is 0 Å². The van der Waals surface area contributed by atoms with E-state index < -0.39 is 0 Å². The first-order valence-electron chi connectivity index (χ1n) is 7.03. The molecular formula is C14H19N3O3. The summed E-state index contributed by atoms with van der Waals surface area (Å²) in [4.78, 5) is 13.3. The Hall–Kier alpha value is -1.82. The van der Waals surface area contributed by atoms with Crippen molar-refractivity contribution in [2.75, 3.05) is 17.3 Å². The number of anilines is 2. The quantitative estimate of drug-likeness (QED) is 0.653. The van der Waals surface area contributed by atoms with E-state index in [-0.39, 0.29) is 28.8 Å². The SMILES string of the molecule is CNc1cccc(N2C3CCC2CC(O)C3)c1[N+](=O)[O-]. The number of nitro benzene ring substituents is 1. The summed E-state index contributed by atoms with van der Waals surface area (Å²) in [5.41, 5.74) is 1.36. The molecule has 2 atom stereocenters. The highest BCUT2D eigenvalue weighted by atomic mass is 16.6. The third kappa shape index (κ3) is 2.00. The standard InChI is InChI=1S/C14H19N3O3/c1-15-12-3-2-4-13(14(12)17(19)20)16-9-5-6-10(16)8-11(18)7-9/h2-4,9-11,15,18H,5-8H2,1H3. The molecule has 1 aromatic carbocycles. The number of nitro groups is 1. The second-order valence-corrected chi connectivity index (χ2v) is 5.60. The van der Waals surface area contributed by atoms with Crippen LogP contribution in [0.5, 0.6) is 0 Å². The highest BCUT2D eigenvalue weighted by molar-refractivity contribution is 5.77. The minimum atomic E-state index is -0.314. The van der Waals surface area contributed by atoms with E-state index in [2.05, 4.69) is 10.2 Å². The van der Waals surface area contributed by atoms with Crippen molar-refractivity contribution in [1.29, 1.82) is 0 Å². The van der Waals surface area contributed by atoms with Gasteiger partial charge in [-0.1, -0.05) is 6.07 Å². The third-order valence-corrected chi connectivity index (χ3v) is 4.45. The molecule has 0 aliphatic carbocycles. The number of hydrogen-bond donors (Lipinski definition) is 2. The Labute approximate surface area is 117 Å². The van der Waals surface area contributed by atoms with E-state index in [9.17, 15) is 15.2 Å². The van der Waals surface area contributed by atoms with Gasteiger partial charge in [0.1, 0.15) is 11.4 Å². The summed E-state index contributed by atoms with van der Waals surface area (Å²) in [6, 6.07) is 5.83. The molecule has 1 aromatic rings. The minimum Gasteiger partial charge on any atom is -0.393 e. The monoisotopic (exact) mass is 277 g/mol. The number of hydrogen-bond acceptors (Lipinski definition) is 5. The minimum absolute atomic E-state index is 0.142. The number of nitrogens with zero attached hydrogens (tertiary/aromatic N) is 2. The second kappa shape index (κ2) is 4.94. The first kappa shape index (κ1) is 13.2. The van der Waals surface area contributed by atoms with Crippen LogP contribution in [0.4, 0.5) is 17.1 Å². The highest BCUT2D eigenvalue weighted by Crippen LogP contribution is 2.44. The van der Waals surface area contributed by atoms with Gasteiger partial charge in [-0.3, -0.25) is 10.1 Å². The predicted octanol–water partition coefficient (Wildman–Crippen LogP) is 2.13. The number of piperidine rings is 1. The fourth-order valence-electron chi connectivity index (χ4n) is 3.67. The lowest BCUT2D eigenvalue weighted by Crippen LogP contribution is -2.45. The largest absolute Gasteiger partial charge is 0.393 e. The summed E-state index contributed by atoms with van der Waals surface area (Å²) in [5.74, 6) is 0. The molecule has 0 radical (unpaired) electrons.